The Balaban J connectivity index is 2.37. The molecule has 1 aliphatic rings. The van der Waals surface area contributed by atoms with Gasteiger partial charge >= 0.3 is 0 Å². The molecule has 0 spiro atoms. The molecule has 17 heavy (non-hydrogen) atoms. The summed E-state index contributed by atoms with van der Waals surface area (Å²) in [7, 11) is 1.57. The van der Waals surface area contributed by atoms with Crippen molar-refractivity contribution in [1.29, 1.82) is 0 Å². The van der Waals surface area contributed by atoms with Crippen LogP contribution in [-0.2, 0) is 4.79 Å². The Morgan fingerprint density at radius 2 is 1.94 bits per heavy atom. The summed E-state index contributed by atoms with van der Waals surface area (Å²) in [5, 5.41) is 2.53. The highest BCUT2D eigenvalue weighted by atomic mass is 16.6. The standard InChI is InChI=1S/C12H16N2O3/c1-7-5-9-10(17-4-3-16-9)6-8(7)11(13)12(15)14-2/h5-6,11H,3-4,13H2,1-2H3,(H,14,15). The molecule has 0 bridgehead atoms. The van der Waals surface area contributed by atoms with E-state index in [9.17, 15) is 4.79 Å². The number of carbonyl (C=O) groups is 1. The average Bonchev–Trinajstić information content (AvgIpc) is 2.36. The maximum Gasteiger partial charge on any atom is 0.241 e. The van der Waals surface area contributed by atoms with Gasteiger partial charge in [0.25, 0.3) is 0 Å². The molecule has 1 atom stereocenters. The highest BCUT2D eigenvalue weighted by Gasteiger charge is 2.21. The molecule has 2 rings (SSSR count). The van der Waals surface area contributed by atoms with E-state index in [-0.39, 0.29) is 5.91 Å². The fourth-order valence-electron chi connectivity index (χ4n) is 1.84. The third-order valence-corrected chi connectivity index (χ3v) is 2.79. The van der Waals surface area contributed by atoms with E-state index in [0.717, 1.165) is 11.1 Å². The van der Waals surface area contributed by atoms with E-state index >= 15 is 0 Å². The van der Waals surface area contributed by atoms with Gasteiger partial charge in [-0.3, -0.25) is 4.79 Å². The van der Waals surface area contributed by atoms with E-state index in [2.05, 4.69) is 5.32 Å². The molecule has 5 nitrogen and oxygen atoms in total. The van der Waals surface area contributed by atoms with Crippen LogP contribution in [0.25, 0.3) is 0 Å². The van der Waals surface area contributed by atoms with Crippen LogP contribution in [0, 0.1) is 6.92 Å². The fraction of sp³-hybridized carbons (Fsp3) is 0.417. The summed E-state index contributed by atoms with van der Waals surface area (Å²) < 4.78 is 10.9. The normalized spacial score (nSPS) is 15.2. The Morgan fingerprint density at radius 1 is 1.35 bits per heavy atom. The van der Waals surface area contributed by atoms with Crippen LogP contribution in [0.5, 0.6) is 11.5 Å². The highest BCUT2D eigenvalue weighted by Crippen LogP contribution is 2.34. The van der Waals surface area contributed by atoms with Crippen LogP contribution in [0.4, 0.5) is 0 Å². The Morgan fingerprint density at radius 3 is 2.53 bits per heavy atom. The molecule has 0 fully saturated rings. The van der Waals surface area contributed by atoms with E-state index in [0.29, 0.717) is 24.7 Å². The first-order valence-corrected chi connectivity index (χ1v) is 5.51. The molecule has 5 heteroatoms. The fourth-order valence-corrected chi connectivity index (χ4v) is 1.84. The van der Waals surface area contributed by atoms with Crippen molar-refractivity contribution in [1.82, 2.24) is 5.32 Å². The van der Waals surface area contributed by atoms with Crippen LogP contribution in [-0.4, -0.2) is 26.2 Å². The maximum absolute atomic E-state index is 11.5. The average molecular weight is 236 g/mol. The topological polar surface area (TPSA) is 73.6 Å². The lowest BCUT2D eigenvalue weighted by atomic mass is 10.00. The number of likely N-dealkylation sites (N-methyl/N-ethyl adjacent to an activating group) is 1. The Bertz CT molecular complexity index is 446. The monoisotopic (exact) mass is 236 g/mol. The first kappa shape index (κ1) is 11.7. The second-order valence-electron chi connectivity index (χ2n) is 3.94. The number of nitrogens with one attached hydrogen (secondary N) is 1. The number of nitrogens with two attached hydrogens (primary N) is 1. The summed E-state index contributed by atoms with van der Waals surface area (Å²) in [4.78, 5) is 11.5. The van der Waals surface area contributed by atoms with E-state index in [1.54, 1.807) is 13.1 Å². The molecule has 1 amide bonds. The molecule has 0 aromatic heterocycles. The van der Waals surface area contributed by atoms with Gasteiger partial charge in [0.1, 0.15) is 19.3 Å². The first-order chi connectivity index (χ1) is 8.13. The van der Waals surface area contributed by atoms with Gasteiger partial charge in [0.05, 0.1) is 0 Å². The number of rotatable bonds is 2. The van der Waals surface area contributed by atoms with Gasteiger partial charge in [0, 0.05) is 7.05 Å². The molecule has 0 saturated heterocycles. The number of benzene rings is 1. The number of hydrogen-bond acceptors (Lipinski definition) is 4. The van der Waals surface area contributed by atoms with Crippen molar-refractivity contribution in [3.8, 4) is 11.5 Å². The molecule has 1 aliphatic heterocycles. The minimum atomic E-state index is -0.684. The van der Waals surface area contributed by atoms with E-state index < -0.39 is 6.04 Å². The van der Waals surface area contributed by atoms with E-state index in [4.69, 9.17) is 15.2 Å². The van der Waals surface area contributed by atoms with E-state index in [1.807, 2.05) is 13.0 Å². The van der Waals surface area contributed by atoms with Crippen LogP contribution in [0.1, 0.15) is 17.2 Å². The number of ether oxygens (including phenoxy) is 2. The summed E-state index contributed by atoms with van der Waals surface area (Å²) in [5.74, 6) is 1.14. The third-order valence-electron chi connectivity index (χ3n) is 2.79. The molecule has 0 radical (unpaired) electrons. The first-order valence-electron chi connectivity index (χ1n) is 5.51. The predicted molar refractivity (Wildman–Crippen MR) is 63.2 cm³/mol. The molecule has 1 aromatic rings. The van der Waals surface area contributed by atoms with Crippen LogP contribution in [0.2, 0.25) is 0 Å². The minimum Gasteiger partial charge on any atom is -0.486 e. The second kappa shape index (κ2) is 4.63. The quantitative estimate of drug-likeness (QED) is 0.784. The van der Waals surface area contributed by atoms with Crippen molar-refractivity contribution < 1.29 is 14.3 Å². The number of fused-ring (bicyclic) bond motifs is 1. The molecule has 1 unspecified atom stereocenters. The van der Waals surface area contributed by atoms with Crippen molar-refractivity contribution in [2.75, 3.05) is 20.3 Å². The highest BCUT2D eigenvalue weighted by molar-refractivity contribution is 5.83. The second-order valence-corrected chi connectivity index (χ2v) is 3.94. The van der Waals surface area contributed by atoms with Gasteiger partial charge in [-0.25, -0.2) is 0 Å². The zero-order chi connectivity index (χ0) is 12.4. The summed E-state index contributed by atoms with van der Waals surface area (Å²) in [6, 6.07) is 2.95. The van der Waals surface area contributed by atoms with Gasteiger partial charge < -0.3 is 20.5 Å². The Labute approximate surface area is 99.9 Å². The van der Waals surface area contributed by atoms with Crippen LogP contribution in [0.3, 0.4) is 0 Å². The van der Waals surface area contributed by atoms with Gasteiger partial charge in [-0.05, 0) is 30.2 Å². The largest absolute Gasteiger partial charge is 0.486 e. The van der Waals surface area contributed by atoms with Gasteiger partial charge in [-0.1, -0.05) is 0 Å². The molecule has 0 aliphatic carbocycles. The molecular formula is C12H16N2O3. The predicted octanol–water partition coefficient (Wildman–Crippen LogP) is 0.512. The van der Waals surface area contributed by atoms with Gasteiger partial charge in [-0.15, -0.1) is 0 Å². The zero-order valence-corrected chi connectivity index (χ0v) is 9.95. The molecule has 3 N–H and O–H groups in total. The number of carbonyl (C=O) groups excluding carboxylic acids is 1. The van der Waals surface area contributed by atoms with Gasteiger partial charge in [-0.2, -0.15) is 0 Å². The molecule has 1 heterocycles. The van der Waals surface area contributed by atoms with Crippen molar-refractivity contribution in [3.63, 3.8) is 0 Å². The van der Waals surface area contributed by atoms with Crippen molar-refractivity contribution in [3.05, 3.63) is 23.3 Å². The molecule has 0 saturated carbocycles. The number of amides is 1. The smallest absolute Gasteiger partial charge is 0.241 e. The zero-order valence-electron chi connectivity index (χ0n) is 9.95. The molecule has 1 aromatic carbocycles. The lowest BCUT2D eigenvalue weighted by Gasteiger charge is -2.22. The van der Waals surface area contributed by atoms with Crippen molar-refractivity contribution >= 4 is 5.91 Å². The number of hydrogen-bond donors (Lipinski definition) is 2. The maximum atomic E-state index is 11.5. The van der Waals surface area contributed by atoms with Crippen LogP contribution < -0.4 is 20.5 Å². The van der Waals surface area contributed by atoms with Gasteiger partial charge in [0.15, 0.2) is 11.5 Å². The minimum absolute atomic E-state index is 0.218. The summed E-state index contributed by atoms with van der Waals surface area (Å²) in [5.41, 5.74) is 7.55. The summed E-state index contributed by atoms with van der Waals surface area (Å²) in [6.45, 7) is 2.97. The molecule has 92 valence electrons. The molecular weight excluding hydrogens is 220 g/mol. The van der Waals surface area contributed by atoms with E-state index in [1.165, 1.54) is 0 Å². The summed E-state index contributed by atoms with van der Waals surface area (Å²) in [6.07, 6.45) is 0. The third kappa shape index (κ3) is 2.19. The van der Waals surface area contributed by atoms with Gasteiger partial charge in [0.2, 0.25) is 5.91 Å². The number of aryl methyl sites for hydroxylation is 1. The Hall–Kier alpha value is -1.75. The summed E-state index contributed by atoms with van der Waals surface area (Å²) >= 11 is 0. The van der Waals surface area contributed by atoms with Crippen molar-refractivity contribution in [2.45, 2.75) is 13.0 Å². The Kier molecular flexibility index (Phi) is 3.19. The lowest BCUT2D eigenvalue weighted by molar-refractivity contribution is -0.122. The van der Waals surface area contributed by atoms with Crippen molar-refractivity contribution in [2.24, 2.45) is 5.73 Å². The van der Waals surface area contributed by atoms with Crippen LogP contribution >= 0.6 is 0 Å². The van der Waals surface area contributed by atoms with Crippen LogP contribution in [0.15, 0.2) is 12.1 Å². The SMILES string of the molecule is CNC(=O)C(N)c1cc2c(cc1C)OCCO2. The lowest BCUT2D eigenvalue weighted by Crippen LogP contribution is -2.32.